The maximum absolute atomic E-state index is 12.2. The Hall–Kier alpha value is -2.53. The third-order valence-corrected chi connectivity index (χ3v) is 4.28. The first-order valence-corrected chi connectivity index (χ1v) is 8.64. The van der Waals surface area contributed by atoms with E-state index in [0.29, 0.717) is 10.8 Å². The minimum atomic E-state index is -0.281. The Balaban J connectivity index is 1.89. The summed E-state index contributed by atoms with van der Waals surface area (Å²) in [5.41, 5.74) is 3.59. The van der Waals surface area contributed by atoms with Gasteiger partial charge in [0, 0.05) is 17.8 Å². The Morgan fingerprint density at radius 2 is 1.73 bits per heavy atom. The van der Waals surface area contributed by atoms with Gasteiger partial charge in [0.05, 0.1) is 6.54 Å². The van der Waals surface area contributed by atoms with E-state index in [1.165, 1.54) is 4.90 Å². The summed E-state index contributed by atoms with van der Waals surface area (Å²) in [6.07, 6.45) is 0. The standard InChI is InChI=1S/C20H23ClN2O3/c1-13-6-5-7-14(2)20(13)22-18(24)11-23(4)19(25)12-26-17-9-8-16(21)10-15(17)3/h5-10H,11-12H2,1-4H3,(H,22,24). The van der Waals surface area contributed by atoms with E-state index in [9.17, 15) is 9.59 Å². The van der Waals surface area contributed by atoms with Gasteiger partial charge in [-0.15, -0.1) is 0 Å². The van der Waals surface area contributed by atoms with Crippen molar-refractivity contribution in [3.05, 3.63) is 58.1 Å². The molecule has 0 unspecified atom stereocenters. The number of nitrogens with one attached hydrogen (secondary N) is 1. The van der Waals surface area contributed by atoms with Crippen LogP contribution in [0, 0.1) is 20.8 Å². The van der Waals surface area contributed by atoms with Crippen molar-refractivity contribution in [1.29, 1.82) is 0 Å². The van der Waals surface area contributed by atoms with Crippen molar-refractivity contribution in [2.24, 2.45) is 0 Å². The minimum Gasteiger partial charge on any atom is -0.483 e. The Morgan fingerprint density at radius 1 is 1.08 bits per heavy atom. The van der Waals surface area contributed by atoms with Crippen LogP contribution in [-0.4, -0.2) is 36.9 Å². The van der Waals surface area contributed by atoms with Gasteiger partial charge in [0.25, 0.3) is 5.91 Å². The molecule has 0 aliphatic rings. The Bertz CT molecular complexity index is 800. The lowest BCUT2D eigenvalue weighted by atomic mass is 10.1. The molecule has 5 nitrogen and oxygen atoms in total. The van der Waals surface area contributed by atoms with Crippen LogP contribution in [0.5, 0.6) is 5.75 Å². The minimum absolute atomic E-state index is 0.0461. The molecule has 2 rings (SSSR count). The van der Waals surface area contributed by atoms with Crippen LogP contribution in [-0.2, 0) is 9.59 Å². The predicted molar refractivity (Wildman–Crippen MR) is 104 cm³/mol. The SMILES string of the molecule is Cc1cc(Cl)ccc1OCC(=O)N(C)CC(=O)Nc1c(C)cccc1C. The van der Waals surface area contributed by atoms with Gasteiger partial charge in [-0.25, -0.2) is 0 Å². The monoisotopic (exact) mass is 374 g/mol. The molecule has 2 aromatic rings. The van der Waals surface area contributed by atoms with Gasteiger partial charge < -0.3 is 15.0 Å². The van der Waals surface area contributed by atoms with Gasteiger partial charge in [-0.1, -0.05) is 29.8 Å². The average molecular weight is 375 g/mol. The molecule has 1 N–H and O–H groups in total. The number of para-hydroxylation sites is 1. The number of halogens is 1. The fourth-order valence-electron chi connectivity index (χ4n) is 2.52. The number of carbonyl (C=O) groups is 2. The van der Waals surface area contributed by atoms with Crippen molar-refractivity contribution in [3.63, 3.8) is 0 Å². The number of nitrogens with zero attached hydrogens (tertiary/aromatic N) is 1. The molecule has 0 fully saturated rings. The van der Waals surface area contributed by atoms with Crippen molar-refractivity contribution in [2.75, 3.05) is 25.5 Å². The molecule has 0 saturated heterocycles. The topological polar surface area (TPSA) is 58.6 Å². The normalized spacial score (nSPS) is 10.3. The third-order valence-electron chi connectivity index (χ3n) is 4.04. The van der Waals surface area contributed by atoms with Gasteiger partial charge >= 0.3 is 0 Å². The second-order valence-electron chi connectivity index (χ2n) is 6.26. The molecular formula is C20H23ClN2O3. The highest BCUT2D eigenvalue weighted by Crippen LogP contribution is 2.22. The van der Waals surface area contributed by atoms with Gasteiger partial charge in [-0.3, -0.25) is 9.59 Å². The van der Waals surface area contributed by atoms with E-state index in [0.717, 1.165) is 22.4 Å². The first kappa shape index (κ1) is 19.8. The lowest BCUT2D eigenvalue weighted by Gasteiger charge is -2.18. The quantitative estimate of drug-likeness (QED) is 0.837. The number of anilines is 1. The van der Waals surface area contributed by atoms with Crippen LogP contribution in [0.1, 0.15) is 16.7 Å². The molecule has 2 amide bonds. The van der Waals surface area contributed by atoms with Crippen molar-refractivity contribution in [3.8, 4) is 5.75 Å². The number of hydrogen-bond donors (Lipinski definition) is 1. The second-order valence-corrected chi connectivity index (χ2v) is 6.70. The number of hydrogen-bond acceptors (Lipinski definition) is 3. The first-order valence-electron chi connectivity index (χ1n) is 8.27. The van der Waals surface area contributed by atoms with Crippen molar-refractivity contribution >= 4 is 29.1 Å². The van der Waals surface area contributed by atoms with E-state index in [1.54, 1.807) is 25.2 Å². The van der Waals surface area contributed by atoms with E-state index in [2.05, 4.69) is 5.32 Å². The van der Waals surface area contributed by atoms with Gasteiger partial charge in [0.1, 0.15) is 5.75 Å². The summed E-state index contributed by atoms with van der Waals surface area (Å²) in [5, 5.41) is 3.48. The predicted octanol–water partition coefficient (Wildman–Crippen LogP) is 3.74. The number of ether oxygens (including phenoxy) is 1. The number of aryl methyl sites for hydroxylation is 3. The van der Waals surface area contributed by atoms with Gasteiger partial charge in [0.2, 0.25) is 5.91 Å². The second kappa shape index (κ2) is 8.72. The summed E-state index contributed by atoms with van der Waals surface area (Å²) < 4.78 is 5.53. The molecular weight excluding hydrogens is 352 g/mol. The summed E-state index contributed by atoms with van der Waals surface area (Å²) >= 11 is 5.90. The smallest absolute Gasteiger partial charge is 0.260 e. The summed E-state index contributed by atoms with van der Waals surface area (Å²) in [7, 11) is 1.57. The highest BCUT2D eigenvalue weighted by atomic mass is 35.5. The molecule has 26 heavy (non-hydrogen) atoms. The molecule has 138 valence electrons. The summed E-state index contributed by atoms with van der Waals surface area (Å²) in [6.45, 7) is 5.53. The van der Waals surface area contributed by atoms with Crippen molar-refractivity contribution < 1.29 is 14.3 Å². The van der Waals surface area contributed by atoms with E-state index in [4.69, 9.17) is 16.3 Å². The van der Waals surface area contributed by atoms with E-state index in [1.807, 2.05) is 39.0 Å². The van der Waals surface area contributed by atoms with Crippen molar-refractivity contribution in [2.45, 2.75) is 20.8 Å². The van der Waals surface area contributed by atoms with Gasteiger partial charge in [-0.2, -0.15) is 0 Å². The molecule has 2 aromatic carbocycles. The van der Waals surface area contributed by atoms with Crippen LogP contribution in [0.3, 0.4) is 0 Å². The Morgan fingerprint density at radius 3 is 2.35 bits per heavy atom. The molecule has 0 spiro atoms. The lowest BCUT2D eigenvalue weighted by molar-refractivity contribution is -0.135. The molecule has 0 aromatic heterocycles. The number of carbonyl (C=O) groups excluding carboxylic acids is 2. The summed E-state index contributed by atoms with van der Waals surface area (Å²) in [6, 6.07) is 11.0. The van der Waals surface area contributed by atoms with Crippen LogP contribution >= 0.6 is 11.6 Å². The Kier molecular flexibility index (Phi) is 6.64. The number of rotatable bonds is 6. The van der Waals surface area contributed by atoms with E-state index < -0.39 is 0 Å². The largest absolute Gasteiger partial charge is 0.483 e. The van der Waals surface area contributed by atoms with Gasteiger partial charge in [0.15, 0.2) is 6.61 Å². The molecule has 0 aliphatic carbocycles. The van der Waals surface area contributed by atoms with Crippen LogP contribution in [0.2, 0.25) is 5.02 Å². The van der Waals surface area contributed by atoms with E-state index in [-0.39, 0.29) is 25.0 Å². The van der Waals surface area contributed by atoms with Gasteiger partial charge in [-0.05, 0) is 55.7 Å². The zero-order valence-electron chi connectivity index (χ0n) is 15.4. The maximum Gasteiger partial charge on any atom is 0.260 e. The number of benzene rings is 2. The molecule has 0 saturated carbocycles. The zero-order chi connectivity index (χ0) is 19.3. The van der Waals surface area contributed by atoms with Crippen LogP contribution in [0.4, 0.5) is 5.69 Å². The van der Waals surface area contributed by atoms with Crippen LogP contribution in [0.25, 0.3) is 0 Å². The fourth-order valence-corrected chi connectivity index (χ4v) is 2.75. The molecule has 0 bridgehead atoms. The van der Waals surface area contributed by atoms with Crippen LogP contribution < -0.4 is 10.1 Å². The van der Waals surface area contributed by atoms with Crippen molar-refractivity contribution in [1.82, 2.24) is 4.90 Å². The Labute approximate surface area is 158 Å². The number of likely N-dealkylation sites (N-methyl/N-ethyl adjacent to an activating group) is 1. The highest BCUT2D eigenvalue weighted by molar-refractivity contribution is 6.30. The summed E-state index contributed by atoms with van der Waals surface area (Å²) in [4.78, 5) is 25.8. The molecule has 0 aliphatic heterocycles. The highest BCUT2D eigenvalue weighted by Gasteiger charge is 2.15. The molecule has 0 radical (unpaired) electrons. The summed E-state index contributed by atoms with van der Waals surface area (Å²) in [5.74, 6) is 0.0630. The molecule has 6 heteroatoms. The zero-order valence-corrected chi connectivity index (χ0v) is 16.2. The first-order chi connectivity index (χ1) is 12.3. The molecule has 0 atom stereocenters. The number of amides is 2. The van der Waals surface area contributed by atoms with Crippen LogP contribution in [0.15, 0.2) is 36.4 Å². The maximum atomic E-state index is 12.2. The lowest BCUT2D eigenvalue weighted by Crippen LogP contribution is -2.37. The fraction of sp³-hybridized carbons (Fsp3) is 0.300. The van der Waals surface area contributed by atoms with E-state index >= 15 is 0 Å². The third kappa shape index (κ3) is 5.23. The average Bonchev–Trinajstić information content (AvgIpc) is 2.57. The molecule has 0 heterocycles.